The average molecular weight is 444 g/mol. The molecular formula is C24H33N3O5. The van der Waals surface area contributed by atoms with Crippen molar-refractivity contribution in [2.24, 2.45) is 0 Å². The molecule has 3 rings (SSSR count). The molecule has 8 heteroatoms. The van der Waals surface area contributed by atoms with Crippen LogP contribution in [0.1, 0.15) is 57.6 Å². The normalized spacial score (nSPS) is 15.1. The van der Waals surface area contributed by atoms with Crippen molar-refractivity contribution in [2.45, 2.75) is 59.7 Å². The zero-order valence-corrected chi connectivity index (χ0v) is 20.0. The quantitative estimate of drug-likeness (QED) is 0.651. The van der Waals surface area contributed by atoms with Gasteiger partial charge in [-0.25, -0.2) is 14.2 Å². The Balaban J connectivity index is 1.72. The zero-order valence-electron chi connectivity index (χ0n) is 20.0. The van der Waals surface area contributed by atoms with Crippen molar-refractivity contribution < 1.29 is 23.9 Å². The van der Waals surface area contributed by atoms with Gasteiger partial charge in [0.2, 0.25) is 0 Å². The average Bonchev–Trinajstić information content (AvgIpc) is 2.99. The maximum Gasteiger partial charge on any atom is 0.419 e. The molecule has 2 heterocycles. The third kappa shape index (κ3) is 5.41. The molecule has 0 unspecified atom stereocenters. The number of carbonyl (C=O) groups excluding carboxylic acids is 3. The van der Waals surface area contributed by atoms with E-state index in [9.17, 15) is 14.4 Å². The second-order valence-electron chi connectivity index (χ2n) is 10.1. The molecule has 0 N–H and O–H groups in total. The van der Waals surface area contributed by atoms with Crippen molar-refractivity contribution in [3.8, 4) is 0 Å². The first-order chi connectivity index (χ1) is 14.7. The van der Waals surface area contributed by atoms with E-state index in [4.69, 9.17) is 9.47 Å². The lowest BCUT2D eigenvalue weighted by Gasteiger charge is -2.35. The number of nitrogens with zero attached hydrogens (tertiary/aromatic N) is 3. The van der Waals surface area contributed by atoms with Crippen molar-refractivity contribution >= 4 is 29.0 Å². The SMILES string of the molecule is Cc1cc2cc(C(=O)N3CCN(C(=O)OC(C)(C)C)CC3)ccc2n1C(=O)OC(C)(C)C. The van der Waals surface area contributed by atoms with Crippen molar-refractivity contribution in [1.29, 1.82) is 0 Å². The van der Waals surface area contributed by atoms with E-state index in [1.165, 1.54) is 4.57 Å². The van der Waals surface area contributed by atoms with Crippen LogP contribution in [0.4, 0.5) is 9.59 Å². The highest BCUT2D eigenvalue weighted by molar-refractivity contribution is 6.00. The molecule has 1 fully saturated rings. The lowest BCUT2D eigenvalue weighted by atomic mass is 10.1. The smallest absolute Gasteiger partial charge is 0.419 e. The van der Waals surface area contributed by atoms with E-state index >= 15 is 0 Å². The summed E-state index contributed by atoms with van der Waals surface area (Å²) in [5, 5.41) is 0.798. The molecule has 0 radical (unpaired) electrons. The molecule has 32 heavy (non-hydrogen) atoms. The highest BCUT2D eigenvalue weighted by Gasteiger charge is 2.28. The summed E-state index contributed by atoms with van der Waals surface area (Å²) >= 11 is 0. The first-order valence-corrected chi connectivity index (χ1v) is 10.9. The van der Waals surface area contributed by atoms with Crippen LogP contribution in [0.5, 0.6) is 0 Å². The summed E-state index contributed by atoms with van der Waals surface area (Å²) in [7, 11) is 0. The maximum atomic E-state index is 13.1. The molecule has 2 aromatic rings. The van der Waals surface area contributed by atoms with E-state index in [2.05, 4.69) is 0 Å². The number of rotatable bonds is 1. The number of hydrogen-bond acceptors (Lipinski definition) is 5. The van der Waals surface area contributed by atoms with Gasteiger partial charge in [-0.2, -0.15) is 0 Å². The number of amides is 2. The van der Waals surface area contributed by atoms with E-state index in [1.807, 2.05) is 54.5 Å². The fourth-order valence-corrected chi connectivity index (χ4v) is 3.64. The highest BCUT2D eigenvalue weighted by atomic mass is 16.6. The molecular weight excluding hydrogens is 410 g/mol. The maximum absolute atomic E-state index is 13.1. The van der Waals surface area contributed by atoms with Crippen LogP contribution in [-0.4, -0.2) is 69.8 Å². The molecule has 1 aromatic heterocycles. The molecule has 0 bridgehead atoms. The first-order valence-electron chi connectivity index (χ1n) is 10.9. The highest BCUT2D eigenvalue weighted by Crippen LogP contribution is 2.24. The molecule has 0 atom stereocenters. The third-order valence-electron chi connectivity index (χ3n) is 5.03. The Kier molecular flexibility index (Phi) is 6.26. The van der Waals surface area contributed by atoms with Crippen molar-refractivity contribution in [2.75, 3.05) is 26.2 Å². The molecule has 1 aliphatic rings. The van der Waals surface area contributed by atoms with Crippen LogP contribution in [0.25, 0.3) is 10.9 Å². The van der Waals surface area contributed by atoms with Crippen molar-refractivity contribution in [1.82, 2.24) is 14.4 Å². The van der Waals surface area contributed by atoms with Crippen LogP contribution in [0, 0.1) is 6.92 Å². The summed E-state index contributed by atoms with van der Waals surface area (Å²) < 4.78 is 12.4. The second kappa shape index (κ2) is 8.48. The molecule has 1 aromatic carbocycles. The number of aromatic nitrogens is 1. The van der Waals surface area contributed by atoms with Crippen LogP contribution in [-0.2, 0) is 9.47 Å². The molecule has 174 valence electrons. The lowest BCUT2D eigenvalue weighted by molar-refractivity contribution is 0.0140. The fourth-order valence-electron chi connectivity index (χ4n) is 3.64. The van der Waals surface area contributed by atoms with E-state index < -0.39 is 17.3 Å². The van der Waals surface area contributed by atoms with Crippen LogP contribution in [0.2, 0.25) is 0 Å². The molecule has 2 amide bonds. The Labute approximate surface area is 189 Å². The minimum absolute atomic E-state index is 0.0987. The fraction of sp³-hybridized carbons (Fsp3) is 0.542. The Morgan fingerprint density at radius 2 is 1.31 bits per heavy atom. The molecule has 0 saturated carbocycles. The minimum Gasteiger partial charge on any atom is -0.444 e. The third-order valence-corrected chi connectivity index (χ3v) is 5.03. The van der Waals surface area contributed by atoms with Gasteiger partial charge in [-0.15, -0.1) is 0 Å². The Morgan fingerprint density at radius 3 is 1.88 bits per heavy atom. The van der Waals surface area contributed by atoms with Gasteiger partial charge >= 0.3 is 12.2 Å². The van der Waals surface area contributed by atoms with E-state index in [-0.39, 0.29) is 12.0 Å². The van der Waals surface area contributed by atoms with Gasteiger partial charge in [0.05, 0.1) is 5.52 Å². The molecule has 8 nitrogen and oxygen atoms in total. The predicted molar refractivity (Wildman–Crippen MR) is 122 cm³/mol. The summed E-state index contributed by atoms with van der Waals surface area (Å²) in [5.41, 5.74) is 0.836. The molecule has 0 aliphatic carbocycles. The summed E-state index contributed by atoms with van der Waals surface area (Å²) in [6.07, 6.45) is -0.799. The Morgan fingerprint density at radius 1 is 0.781 bits per heavy atom. The van der Waals surface area contributed by atoms with Crippen LogP contribution in [0.3, 0.4) is 0 Å². The molecule has 0 spiro atoms. The lowest BCUT2D eigenvalue weighted by Crippen LogP contribution is -2.51. The predicted octanol–water partition coefficient (Wildman–Crippen LogP) is 4.43. The van der Waals surface area contributed by atoms with E-state index in [0.717, 1.165) is 11.1 Å². The largest absolute Gasteiger partial charge is 0.444 e. The number of fused-ring (bicyclic) bond motifs is 1. The summed E-state index contributed by atoms with van der Waals surface area (Å²) in [5.74, 6) is -0.0987. The van der Waals surface area contributed by atoms with E-state index in [1.54, 1.807) is 28.0 Å². The number of piperazine rings is 1. The monoisotopic (exact) mass is 443 g/mol. The van der Waals surface area contributed by atoms with Gasteiger partial charge in [0, 0.05) is 42.8 Å². The molecule has 1 saturated heterocycles. The van der Waals surface area contributed by atoms with Gasteiger partial charge in [-0.3, -0.25) is 4.79 Å². The summed E-state index contributed by atoms with van der Waals surface area (Å²) in [4.78, 5) is 41.3. The summed E-state index contributed by atoms with van der Waals surface area (Å²) in [6.45, 7) is 14.5. The van der Waals surface area contributed by atoms with Gasteiger partial charge < -0.3 is 19.3 Å². The van der Waals surface area contributed by atoms with Crippen LogP contribution >= 0.6 is 0 Å². The van der Waals surface area contributed by atoms with Crippen LogP contribution in [0.15, 0.2) is 24.3 Å². The second-order valence-corrected chi connectivity index (χ2v) is 10.1. The standard InChI is InChI=1S/C24H33N3O5/c1-16-14-18-15-17(8-9-19(18)27(16)22(30)32-24(5,6)7)20(28)25-10-12-26(13-11-25)21(29)31-23(2,3)4/h8-9,14-15H,10-13H2,1-7H3. The number of carbonyl (C=O) groups is 3. The minimum atomic E-state index is -0.600. The Hall–Kier alpha value is -3.03. The topological polar surface area (TPSA) is 81.1 Å². The van der Waals surface area contributed by atoms with Gasteiger partial charge in [-0.1, -0.05) is 0 Å². The number of hydrogen-bond donors (Lipinski definition) is 0. The number of benzene rings is 1. The van der Waals surface area contributed by atoms with E-state index in [0.29, 0.717) is 37.3 Å². The zero-order chi connectivity index (χ0) is 23.8. The van der Waals surface area contributed by atoms with Crippen molar-refractivity contribution in [3.05, 3.63) is 35.5 Å². The van der Waals surface area contributed by atoms with Gasteiger partial charge in [0.25, 0.3) is 5.91 Å². The Bertz CT molecular complexity index is 1030. The number of aryl methyl sites for hydroxylation is 1. The van der Waals surface area contributed by atoms with Gasteiger partial charge in [-0.05, 0) is 72.7 Å². The number of ether oxygens (including phenoxy) is 2. The van der Waals surface area contributed by atoms with Crippen LogP contribution < -0.4 is 0 Å². The summed E-state index contributed by atoms with van der Waals surface area (Å²) in [6, 6.07) is 7.17. The molecule has 1 aliphatic heterocycles. The van der Waals surface area contributed by atoms with Gasteiger partial charge in [0.15, 0.2) is 0 Å². The first kappa shape index (κ1) is 23.6. The van der Waals surface area contributed by atoms with Crippen molar-refractivity contribution in [3.63, 3.8) is 0 Å². The van der Waals surface area contributed by atoms with Gasteiger partial charge in [0.1, 0.15) is 11.2 Å².